The summed E-state index contributed by atoms with van der Waals surface area (Å²) in [5.41, 5.74) is 16.2. The predicted molar refractivity (Wildman–Crippen MR) is 239 cm³/mol. The van der Waals surface area contributed by atoms with E-state index in [1.165, 1.54) is 44.5 Å². The quantitative estimate of drug-likeness (QED) is 0.149. The third-order valence-electron chi connectivity index (χ3n) is 12.3. The maximum absolute atomic E-state index is 8.97. The summed E-state index contributed by atoms with van der Waals surface area (Å²) in [7, 11) is 17.9. The molecule has 2 heterocycles. The average Bonchev–Trinajstić information content (AvgIpc) is 3.85. The van der Waals surface area contributed by atoms with Gasteiger partial charge in [0, 0.05) is 0 Å². The Morgan fingerprint density at radius 2 is 0.875 bits per heavy atom. The summed E-state index contributed by atoms with van der Waals surface area (Å²) in [6.07, 6.45) is 8.85. The van der Waals surface area contributed by atoms with E-state index in [2.05, 4.69) is 171 Å². The second kappa shape index (κ2) is 13.7. The number of nitrogens with zero attached hydrogens (tertiary/aromatic N) is 2. The van der Waals surface area contributed by atoms with Crippen LogP contribution in [0.25, 0.3) is 67.4 Å². The first kappa shape index (κ1) is 35.7. The summed E-state index contributed by atoms with van der Waals surface area (Å²) < 4.78 is -0.266. The molecular formula is C50H39Cl2N2SiZr. The fraction of sp³-hybridized carbons (Fsp3) is 0.0800. The first-order chi connectivity index (χ1) is 27.3. The topological polar surface area (TPSA) is 25.8 Å². The first-order valence-electron chi connectivity index (χ1n) is 19.4. The zero-order chi connectivity index (χ0) is 38.0. The Kier molecular flexibility index (Phi) is 8.76. The van der Waals surface area contributed by atoms with E-state index in [1.807, 2.05) is 24.5 Å². The fourth-order valence-electron chi connectivity index (χ4n) is 9.53. The summed E-state index contributed by atoms with van der Waals surface area (Å²) >= 11 is -5.26. The Hall–Kier alpha value is -4.70. The zero-order valence-electron chi connectivity index (χ0n) is 31.2. The van der Waals surface area contributed by atoms with Gasteiger partial charge in [0.2, 0.25) is 0 Å². The van der Waals surface area contributed by atoms with E-state index in [0.29, 0.717) is 0 Å². The molecule has 2 aliphatic carbocycles. The van der Waals surface area contributed by atoms with Crippen molar-refractivity contribution < 1.29 is 15.6 Å². The molecule has 0 N–H and O–H groups in total. The van der Waals surface area contributed by atoms with Gasteiger partial charge in [0.15, 0.2) is 0 Å². The number of hydrogen-bond donors (Lipinski definition) is 0. The molecule has 0 aliphatic heterocycles. The molecule has 6 heteroatoms. The van der Waals surface area contributed by atoms with Gasteiger partial charge in [0.25, 0.3) is 0 Å². The van der Waals surface area contributed by atoms with E-state index in [-0.39, 0.29) is 7.25 Å². The molecule has 0 spiro atoms. The molecule has 10 rings (SSSR count). The van der Waals surface area contributed by atoms with E-state index >= 15 is 0 Å². The van der Waals surface area contributed by atoms with Gasteiger partial charge in [-0.2, -0.15) is 0 Å². The number of allylic oxidation sites excluding steroid dienone is 2. The van der Waals surface area contributed by atoms with Gasteiger partial charge in [-0.25, -0.2) is 0 Å². The van der Waals surface area contributed by atoms with Crippen LogP contribution in [-0.2, 0) is 15.6 Å². The molecular weight excluding hydrogens is 819 g/mol. The normalized spacial score (nSPS) is 17.0. The molecule has 6 aromatic carbocycles. The van der Waals surface area contributed by atoms with Crippen molar-refractivity contribution in [3.05, 3.63) is 203 Å². The van der Waals surface area contributed by atoms with Crippen LogP contribution in [0.2, 0.25) is 13.1 Å². The van der Waals surface area contributed by atoms with E-state index in [4.69, 9.17) is 27.0 Å². The van der Waals surface area contributed by atoms with Crippen molar-refractivity contribution in [1.82, 2.24) is 9.97 Å². The third-order valence-corrected chi connectivity index (χ3v) is 63.9. The molecule has 2 atom stereocenters. The molecule has 2 unspecified atom stereocenters. The van der Waals surface area contributed by atoms with Crippen LogP contribution in [0.3, 0.4) is 0 Å². The standard InChI is InChI=1S/2C24H16N.C2H7Si.2ClH.Zr/c2*1-2-7-17(8-3-1)20-13-18-10-6-11-22(23(18)15-20)21-14-19-9-4-5-12-24(19)25-16-21;1-3-2;;;/h2*1-16H;3H,1-2H3;2*1H;/q;;;;;+2/p-2. The second-order valence-corrected chi connectivity index (χ2v) is 58.1. The number of rotatable bonds is 7. The van der Waals surface area contributed by atoms with Crippen molar-refractivity contribution in [3.8, 4) is 22.3 Å². The van der Waals surface area contributed by atoms with Crippen LogP contribution in [0.5, 0.6) is 0 Å². The van der Waals surface area contributed by atoms with Crippen molar-refractivity contribution in [1.29, 1.82) is 0 Å². The molecule has 2 aliphatic rings. The van der Waals surface area contributed by atoms with E-state index in [0.717, 1.165) is 44.1 Å². The number of hydrogen-bond acceptors (Lipinski definition) is 2. The summed E-state index contributed by atoms with van der Waals surface area (Å²) in [6.45, 7) is 4.83. The summed E-state index contributed by atoms with van der Waals surface area (Å²) in [6, 6.07) is 56.3. The molecule has 2 nitrogen and oxygen atoms in total. The number of benzene rings is 6. The van der Waals surface area contributed by atoms with Gasteiger partial charge in [-0.3, -0.25) is 0 Å². The van der Waals surface area contributed by atoms with Crippen molar-refractivity contribution in [2.45, 2.75) is 20.3 Å². The van der Waals surface area contributed by atoms with Crippen LogP contribution < -0.4 is 0 Å². The van der Waals surface area contributed by atoms with Crippen molar-refractivity contribution in [3.63, 3.8) is 0 Å². The molecule has 8 aromatic rings. The maximum atomic E-state index is 8.97. The Balaban J connectivity index is 1.23. The average molecular weight is 858 g/mol. The molecule has 0 saturated heterocycles. The van der Waals surface area contributed by atoms with Crippen LogP contribution in [0.1, 0.15) is 40.6 Å². The zero-order valence-corrected chi connectivity index (χ0v) is 36.3. The van der Waals surface area contributed by atoms with Crippen molar-refractivity contribution >= 4 is 68.1 Å². The summed E-state index contributed by atoms with van der Waals surface area (Å²) in [4.78, 5) is 9.77. The number of fused-ring (bicyclic) bond motifs is 4. The van der Waals surface area contributed by atoms with Crippen molar-refractivity contribution in [2.75, 3.05) is 0 Å². The van der Waals surface area contributed by atoms with Gasteiger partial charge < -0.3 is 0 Å². The van der Waals surface area contributed by atoms with E-state index in [9.17, 15) is 0 Å². The molecule has 0 fully saturated rings. The first-order valence-corrected chi connectivity index (χ1v) is 35.7. The molecule has 2 aromatic heterocycles. The van der Waals surface area contributed by atoms with E-state index < -0.39 is 21.5 Å². The second-order valence-electron chi connectivity index (χ2n) is 15.6. The third kappa shape index (κ3) is 5.60. The van der Waals surface area contributed by atoms with Gasteiger partial charge >= 0.3 is 340 Å². The SMILES string of the molecule is C[SiH](C)[Zr]([Cl])([Cl])([CH]1C(c2ccccc2)=Cc2c(-c3cnc4ccccc4c3)cccc21)[CH]1C(c2ccccc2)=Cc2c(-c3cnc4ccccc4c3)cccc21. The predicted octanol–water partition coefficient (Wildman–Crippen LogP) is 14.0. The number of para-hydroxylation sites is 2. The van der Waals surface area contributed by atoms with Crippen LogP contribution in [-0.4, -0.2) is 15.9 Å². The molecule has 0 amide bonds. The molecule has 56 heavy (non-hydrogen) atoms. The van der Waals surface area contributed by atoms with Crippen LogP contribution in [0.4, 0.5) is 0 Å². The number of pyridine rings is 2. The fourth-order valence-corrected chi connectivity index (χ4v) is 39.6. The Morgan fingerprint density at radius 3 is 1.30 bits per heavy atom. The number of aromatic nitrogens is 2. The van der Waals surface area contributed by atoms with E-state index in [1.54, 1.807) is 0 Å². The van der Waals surface area contributed by atoms with Gasteiger partial charge in [0.05, 0.1) is 0 Å². The Morgan fingerprint density at radius 1 is 0.464 bits per heavy atom. The monoisotopic (exact) mass is 855 g/mol. The van der Waals surface area contributed by atoms with Crippen molar-refractivity contribution in [2.24, 2.45) is 0 Å². The minimum atomic E-state index is -5.26. The molecule has 0 saturated carbocycles. The van der Waals surface area contributed by atoms with Crippen LogP contribution in [0.15, 0.2) is 170 Å². The number of halogens is 2. The Labute approximate surface area is 337 Å². The molecule has 0 radical (unpaired) electrons. The van der Waals surface area contributed by atoms with Crippen LogP contribution >= 0.6 is 17.0 Å². The minimum absolute atomic E-state index is 0.133. The van der Waals surface area contributed by atoms with Gasteiger partial charge in [-0.1, -0.05) is 0 Å². The molecule has 0 bridgehead atoms. The van der Waals surface area contributed by atoms with Gasteiger partial charge in [0.1, 0.15) is 0 Å². The molecule has 271 valence electrons. The summed E-state index contributed by atoms with van der Waals surface area (Å²) in [5.74, 6) is -1.88. The summed E-state index contributed by atoms with van der Waals surface area (Å²) in [5, 5.41) is 2.24. The van der Waals surface area contributed by atoms with Gasteiger partial charge in [-0.15, -0.1) is 0 Å². The van der Waals surface area contributed by atoms with Crippen LogP contribution in [0, 0.1) is 0 Å². The Bertz CT molecular complexity index is 2710. The van der Waals surface area contributed by atoms with Gasteiger partial charge in [-0.05, 0) is 0 Å².